The normalized spacial score (nSPS) is 10.9. The number of hydrogen-bond acceptors (Lipinski definition) is 4. The number of ether oxygens (including phenoxy) is 2. The van der Waals surface area contributed by atoms with Crippen LogP contribution in [0.4, 0.5) is 0 Å². The van der Waals surface area contributed by atoms with Crippen molar-refractivity contribution in [3.63, 3.8) is 0 Å². The molecule has 182 valence electrons. The van der Waals surface area contributed by atoms with E-state index in [0.717, 1.165) is 46.8 Å². The summed E-state index contributed by atoms with van der Waals surface area (Å²) in [5.74, 6) is 2.75. The Bertz CT molecular complexity index is 1280. The van der Waals surface area contributed by atoms with Gasteiger partial charge in [-0.1, -0.05) is 36.4 Å². The zero-order valence-corrected chi connectivity index (χ0v) is 20.7. The summed E-state index contributed by atoms with van der Waals surface area (Å²) in [7, 11) is 1.63. The summed E-state index contributed by atoms with van der Waals surface area (Å²) in [6, 6.07) is 21.9. The highest BCUT2D eigenvalue weighted by Crippen LogP contribution is 2.22. The highest BCUT2D eigenvalue weighted by Gasteiger charge is 2.11. The molecule has 1 amide bonds. The van der Waals surface area contributed by atoms with Crippen molar-refractivity contribution in [1.29, 1.82) is 0 Å². The maximum absolute atomic E-state index is 12.3. The van der Waals surface area contributed by atoms with Crippen LogP contribution in [0, 0.1) is 13.8 Å². The zero-order chi connectivity index (χ0) is 24.6. The van der Waals surface area contributed by atoms with E-state index < -0.39 is 0 Å². The van der Waals surface area contributed by atoms with Gasteiger partial charge in [0.2, 0.25) is 5.91 Å². The third-order valence-electron chi connectivity index (χ3n) is 6.28. The van der Waals surface area contributed by atoms with Gasteiger partial charge in [0.25, 0.3) is 0 Å². The monoisotopic (exact) mass is 471 g/mol. The third-order valence-corrected chi connectivity index (χ3v) is 6.28. The van der Waals surface area contributed by atoms with E-state index in [1.807, 2.05) is 54.6 Å². The van der Waals surface area contributed by atoms with Crippen LogP contribution in [0.1, 0.15) is 28.9 Å². The average Bonchev–Trinajstić information content (AvgIpc) is 3.22. The van der Waals surface area contributed by atoms with Crippen molar-refractivity contribution in [2.75, 3.05) is 20.3 Å². The number of para-hydroxylation sites is 2. The van der Waals surface area contributed by atoms with Crippen LogP contribution in [0.3, 0.4) is 0 Å². The molecule has 0 aliphatic heterocycles. The number of aromatic nitrogens is 2. The Morgan fingerprint density at radius 2 is 1.80 bits per heavy atom. The highest BCUT2D eigenvalue weighted by atomic mass is 16.5. The molecule has 0 radical (unpaired) electrons. The van der Waals surface area contributed by atoms with Crippen molar-refractivity contribution < 1.29 is 14.3 Å². The lowest BCUT2D eigenvalue weighted by Crippen LogP contribution is -2.26. The molecule has 0 fully saturated rings. The molecule has 0 spiro atoms. The molecule has 35 heavy (non-hydrogen) atoms. The molecule has 0 aliphatic rings. The van der Waals surface area contributed by atoms with Crippen LogP contribution >= 0.6 is 0 Å². The number of nitrogens with one attached hydrogen (secondary N) is 1. The minimum atomic E-state index is 0.0191. The fourth-order valence-corrected chi connectivity index (χ4v) is 4.16. The van der Waals surface area contributed by atoms with Gasteiger partial charge in [-0.3, -0.25) is 4.79 Å². The maximum atomic E-state index is 12.3. The number of benzene rings is 3. The van der Waals surface area contributed by atoms with Crippen LogP contribution in [-0.2, 0) is 24.2 Å². The van der Waals surface area contributed by atoms with E-state index in [1.54, 1.807) is 7.11 Å². The van der Waals surface area contributed by atoms with E-state index in [0.29, 0.717) is 26.1 Å². The van der Waals surface area contributed by atoms with Gasteiger partial charge in [-0.05, 0) is 67.3 Å². The van der Waals surface area contributed by atoms with Gasteiger partial charge in [-0.25, -0.2) is 4.98 Å². The molecule has 0 saturated heterocycles. The largest absolute Gasteiger partial charge is 0.497 e. The minimum Gasteiger partial charge on any atom is -0.497 e. The van der Waals surface area contributed by atoms with E-state index in [4.69, 9.17) is 14.5 Å². The lowest BCUT2D eigenvalue weighted by Gasteiger charge is -2.13. The third kappa shape index (κ3) is 6.21. The van der Waals surface area contributed by atoms with Crippen molar-refractivity contribution in [1.82, 2.24) is 14.9 Å². The molecule has 3 aromatic carbocycles. The number of carbonyl (C=O) groups is 1. The summed E-state index contributed by atoms with van der Waals surface area (Å²) in [5, 5.41) is 3.03. The number of imidazole rings is 1. The predicted octanol–water partition coefficient (Wildman–Crippen LogP) is 5.03. The van der Waals surface area contributed by atoms with Gasteiger partial charge in [0.15, 0.2) is 0 Å². The number of rotatable bonds is 11. The molecule has 6 nitrogen and oxygen atoms in total. The standard InChI is InChI=1S/C29H33N3O3/c1-21-8-6-11-27(22(21)2)35-19-18-32-26-10-5-4-9-25(26)31-28(32)12-7-17-30-29(33)20-23-13-15-24(34-3)16-14-23/h4-6,8-11,13-16H,7,12,17-20H2,1-3H3,(H,30,33). The maximum Gasteiger partial charge on any atom is 0.224 e. The predicted molar refractivity (Wildman–Crippen MR) is 139 cm³/mol. The summed E-state index contributed by atoms with van der Waals surface area (Å²) >= 11 is 0. The first kappa shape index (κ1) is 24.3. The lowest BCUT2D eigenvalue weighted by molar-refractivity contribution is -0.120. The number of methoxy groups -OCH3 is 1. The first-order chi connectivity index (χ1) is 17.0. The molecule has 0 aliphatic carbocycles. The summed E-state index contributed by atoms with van der Waals surface area (Å²) in [6.45, 7) is 6.07. The van der Waals surface area contributed by atoms with Gasteiger partial charge in [0.05, 0.1) is 31.1 Å². The fraction of sp³-hybridized carbons (Fsp3) is 0.310. The zero-order valence-electron chi connectivity index (χ0n) is 20.7. The molecule has 6 heteroatoms. The second-order valence-electron chi connectivity index (χ2n) is 8.69. The van der Waals surface area contributed by atoms with Crippen LogP contribution < -0.4 is 14.8 Å². The second kappa shape index (κ2) is 11.6. The topological polar surface area (TPSA) is 65.4 Å². The summed E-state index contributed by atoms with van der Waals surface area (Å²) in [4.78, 5) is 17.2. The number of carbonyl (C=O) groups excluding carboxylic acids is 1. The van der Waals surface area contributed by atoms with Crippen LogP contribution in [0.15, 0.2) is 66.7 Å². The van der Waals surface area contributed by atoms with E-state index in [-0.39, 0.29) is 5.91 Å². The minimum absolute atomic E-state index is 0.0191. The second-order valence-corrected chi connectivity index (χ2v) is 8.69. The molecule has 0 unspecified atom stereocenters. The Labute approximate surface area is 206 Å². The average molecular weight is 472 g/mol. The number of hydrogen-bond donors (Lipinski definition) is 1. The van der Waals surface area contributed by atoms with Crippen molar-refractivity contribution in [2.24, 2.45) is 0 Å². The first-order valence-corrected chi connectivity index (χ1v) is 12.1. The molecular formula is C29H33N3O3. The van der Waals surface area contributed by atoms with Crippen molar-refractivity contribution >= 4 is 16.9 Å². The highest BCUT2D eigenvalue weighted by molar-refractivity contribution is 5.78. The molecule has 0 atom stereocenters. The summed E-state index contributed by atoms with van der Waals surface area (Å²) in [5.41, 5.74) is 5.46. The Morgan fingerprint density at radius 1 is 1.00 bits per heavy atom. The van der Waals surface area contributed by atoms with Gasteiger partial charge in [-0.2, -0.15) is 0 Å². The van der Waals surface area contributed by atoms with E-state index in [1.165, 1.54) is 11.1 Å². The van der Waals surface area contributed by atoms with E-state index >= 15 is 0 Å². The lowest BCUT2D eigenvalue weighted by atomic mass is 10.1. The van der Waals surface area contributed by atoms with Crippen LogP contribution in [0.25, 0.3) is 11.0 Å². The quantitative estimate of drug-likeness (QED) is 0.312. The van der Waals surface area contributed by atoms with Crippen LogP contribution in [0.5, 0.6) is 11.5 Å². The Morgan fingerprint density at radius 3 is 2.60 bits per heavy atom. The SMILES string of the molecule is COc1ccc(CC(=O)NCCCc2nc3ccccc3n2CCOc2cccc(C)c2C)cc1. The molecule has 1 aromatic heterocycles. The van der Waals surface area contributed by atoms with E-state index in [2.05, 4.69) is 35.9 Å². The summed E-state index contributed by atoms with van der Waals surface area (Å²) < 4.78 is 13.5. The molecule has 1 N–H and O–H groups in total. The van der Waals surface area contributed by atoms with E-state index in [9.17, 15) is 4.79 Å². The smallest absolute Gasteiger partial charge is 0.224 e. The van der Waals surface area contributed by atoms with Gasteiger partial charge in [-0.15, -0.1) is 0 Å². The molecule has 0 saturated carbocycles. The number of amides is 1. The fourth-order valence-electron chi connectivity index (χ4n) is 4.16. The van der Waals surface area contributed by atoms with Crippen molar-refractivity contribution in [3.05, 3.63) is 89.2 Å². The van der Waals surface area contributed by atoms with Gasteiger partial charge in [0, 0.05) is 13.0 Å². The Balaban J connectivity index is 1.32. The van der Waals surface area contributed by atoms with Crippen LogP contribution in [-0.4, -0.2) is 35.7 Å². The molecule has 0 bridgehead atoms. The molecule has 1 heterocycles. The van der Waals surface area contributed by atoms with Gasteiger partial charge >= 0.3 is 0 Å². The van der Waals surface area contributed by atoms with Crippen LogP contribution in [0.2, 0.25) is 0 Å². The molecule has 4 rings (SSSR count). The Kier molecular flexibility index (Phi) is 8.03. The molecular weight excluding hydrogens is 438 g/mol. The first-order valence-electron chi connectivity index (χ1n) is 12.1. The van der Waals surface area contributed by atoms with Crippen molar-refractivity contribution in [2.45, 2.75) is 39.7 Å². The Hall–Kier alpha value is -3.80. The van der Waals surface area contributed by atoms with Crippen molar-refractivity contribution in [3.8, 4) is 11.5 Å². The number of nitrogens with zero attached hydrogens (tertiary/aromatic N) is 2. The number of fused-ring (bicyclic) bond motifs is 1. The van der Waals surface area contributed by atoms with Gasteiger partial charge < -0.3 is 19.4 Å². The molecule has 4 aromatic rings. The van der Waals surface area contributed by atoms with Gasteiger partial charge in [0.1, 0.15) is 23.9 Å². The summed E-state index contributed by atoms with van der Waals surface area (Å²) in [6.07, 6.45) is 1.95. The number of aryl methyl sites for hydroxylation is 2.